The SMILES string of the molecule is CCCC1NC(C)N(CC2(C)CCCS2)C1=O. The Bertz CT molecular complexity index is 289. The van der Waals surface area contributed by atoms with Gasteiger partial charge in [-0.25, -0.2) is 0 Å². The molecule has 0 aromatic heterocycles. The summed E-state index contributed by atoms with van der Waals surface area (Å²) in [6.07, 6.45) is 4.77. The molecule has 1 amide bonds. The van der Waals surface area contributed by atoms with Gasteiger partial charge < -0.3 is 4.90 Å². The zero-order chi connectivity index (χ0) is 12.5. The van der Waals surface area contributed by atoms with Gasteiger partial charge in [-0.15, -0.1) is 0 Å². The summed E-state index contributed by atoms with van der Waals surface area (Å²) >= 11 is 2.03. The highest BCUT2D eigenvalue weighted by atomic mass is 32.2. The zero-order valence-electron chi connectivity index (χ0n) is 11.2. The highest BCUT2D eigenvalue weighted by Gasteiger charge is 2.41. The van der Waals surface area contributed by atoms with Crippen LogP contribution in [0.5, 0.6) is 0 Å². The van der Waals surface area contributed by atoms with Gasteiger partial charge in [-0.05, 0) is 38.9 Å². The molecule has 2 heterocycles. The summed E-state index contributed by atoms with van der Waals surface area (Å²) < 4.78 is 0.284. The Labute approximate surface area is 109 Å². The van der Waals surface area contributed by atoms with E-state index in [-0.39, 0.29) is 17.0 Å². The zero-order valence-corrected chi connectivity index (χ0v) is 12.0. The fourth-order valence-corrected chi connectivity index (χ4v) is 4.18. The van der Waals surface area contributed by atoms with Gasteiger partial charge in [0, 0.05) is 11.3 Å². The Balaban J connectivity index is 1.98. The molecule has 3 atom stereocenters. The number of hydrogen-bond donors (Lipinski definition) is 1. The van der Waals surface area contributed by atoms with Crippen molar-refractivity contribution in [3.8, 4) is 0 Å². The van der Waals surface area contributed by atoms with Crippen LogP contribution >= 0.6 is 11.8 Å². The van der Waals surface area contributed by atoms with Gasteiger partial charge in [0.05, 0.1) is 12.2 Å². The molecule has 0 aliphatic carbocycles. The Morgan fingerprint density at radius 2 is 2.35 bits per heavy atom. The Kier molecular flexibility index (Phi) is 4.03. The van der Waals surface area contributed by atoms with Crippen molar-refractivity contribution in [3.63, 3.8) is 0 Å². The summed E-state index contributed by atoms with van der Waals surface area (Å²) in [5.41, 5.74) is 0. The van der Waals surface area contributed by atoms with E-state index in [0.717, 1.165) is 19.4 Å². The van der Waals surface area contributed by atoms with Crippen molar-refractivity contribution >= 4 is 17.7 Å². The van der Waals surface area contributed by atoms with E-state index in [1.165, 1.54) is 18.6 Å². The summed E-state index contributed by atoms with van der Waals surface area (Å²) in [5.74, 6) is 1.56. The van der Waals surface area contributed by atoms with Crippen LogP contribution in [0, 0.1) is 0 Å². The predicted molar refractivity (Wildman–Crippen MR) is 73.1 cm³/mol. The summed E-state index contributed by atoms with van der Waals surface area (Å²) in [6.45, 7) is 7.45. The minimum Gasteiger partial charge on any atom is -0.325 e. The summed E-state index contributed by atoms with van der Waals surface area (Å²) in [6, 6.07) is 0.0602. The van der Waals surface area contributed by atoms with E-state index < -0.39 is 0 Å². The maximum absolute atomic E-state index is 12.3. The minimum atomic E-state index is 0.0602. The molecule has 2 rings (SSSR count). The summed E-state index contributed by atoms with van der Waals surface area (Å²) in [5, 5.41) is 3.41. The summed E-state index contributed by atoms with van der Waals surface area (Å²) in [4.78, 5) is 14.3. The molecule has 0 radical (unpaired) electrons. The standard InChI is InChI=1S/C13H24N2OS/c1-4-6-11-12(16)15(10(2)14-11)9-13(3)7-5-8-17-13/h10-11,14H,4-9H2,1-3H3. The quantitative estimate of drug-likeness (QED) is 0.837. The molecule has 0 aromatic rings. The number of amides is 1. The Hall–Kier alpha value is -0.220. The second kappa shape index (κ2) is 5.19. The van der Waals surface area contributed by atoms with Crippen molar-refractivity contribution < 1.29 is 4.79 Å². The number of nitrogens with zero attached hydrogens (tertiary/aromatic N) is 1. The molecule has 0 spiro atoms. The number of thioether (sulfide) groups is 1. The molecule has 0 aromatic carbocycles. The van der Waals surface area contributed by atoms with Crippen molar-refractivity contribution in [3.05, 3.63) is 0 Å². The van der Waals surface area contributed by atoms with Gasteiger partial charge in [0.25, 0.3) is 0 Å². The van der Waals surface area contributed by atoms with E-state index in [9.17, 15) is 4.79 Å². The molecule has 3 nitrogen and oxygen atoms in total. The number of nitrogens with one attached hydrogen (secondary N) is 1. The van der Waals surface area contributed by atoms with Gasteiger partial charge >= 0.3 is 0 Å². The second-order valence-corrected chi connectivity index (χ2v) is 7.23. The van der Waals surface area contributed by atoms with Crippen LogP contribution < -0.4 is 5.32 Å². The lowest BCUT2D eigenvalue weighted by Crippen LogP contribution is -2.43. The van der Waals surface area contributed by atoms with Crippen molar-refractivity contribution in [1.82, 2.24) is 10.2 Å². The van der Waals surface area contributed by atoms with Crippen molar-refractivity contribution in [1.29, 1.82) is 0 Å². The van der Waals surface area contributed by atoms with Gasteiger partial charge in [-0.1, -0.05) is 13.3 Å². The van der Waals surface area contributed by atoms with Crippen LogP contribution in [0.1, 0.15) is 46.5 Å². The first kappa shape index (κ1) is 13.2. The molecule has 17 heavy (non-hydrogen) atoms. The molecular weight excluding hydrogens is 232 g/mol. The first-order chi connectivity index (χ1) is 8.06. The third-order valence-electron chi connectivity index (χ3n) is 3.87. The smallest absolute Gasteiger partial charge is 0.241 e. The monoisotopic (exact) mass is 256 g/mol. The molecule has 0 bridgehead atoms. The van der Waals surface area contributed by atoms with Gasteiger partial charge in [0.15, 0.2) is 0 Å². The molecule has 98 valence electrons. The lowest BCUT2D eigenvalue weighted by Gasteiger charge is -2.31. The van der Waals surface area contributed by atoms with Gasteiger partial charge in [0.2, 0.25) is 5.91 Å². The van der Waals surface area contributed by atoms with E-state index in [4.69, 9.17) is 0 Å². The molecule has 0 saturated carbocycles. The van der Waals surface area contributed by atoms with Gasteiger partial charge in [-0.2, -0.15) is 11.8 Å². The number of carbonyl (C=O) groups excluding carboxylic acids is 1. The lowest BCUT2D eigenvalue weighted by molar-refractivity contribution is -0.130. The maximum atomic E-state index is 12.3. The average Bonchev–Trinajstić information content (AvgIpc) is 2.80. The molecule has 2 saturated heterocycles. The molecule has 2 aliphatic rings. The number of hydrogen-bond acceptors (Lipinski definition) is 3. The minimum absolute atomic E-state index is 0.0602. The van der Waals surface area contributed by atoms with Gasteiger partial charge in [-0.3, -0.25) is 10.1 Å². The summed E-state index contributed by atoms with van der Waals surface area (Å²) in [7, 11) is 0. The molecule has 4 heteroatoms. The van der Waals surface area contributed by atoms with Crippen LogP contribution in [-0.2, 0) is 4.79 Å². The molecule has 2 aliphatic heterocycles. The molecule has 1 N–H and O–H groups in total. The third-order valence-corrected chi connectivity index (χ3v) is 5.40. The highest BCUT2D eigenvalue weighted by molar-refractivity contribution is 8.00. The van der Waals surface area contributed by atoms with E-state index in [0.29, 0.717) is 5.91 Å². The van der Waals surface area contributed by atoms with Crippen molar-refractivity contribution in [2.45, 2.75) is 63.4 Å². The lowest BCUT2D eigenvalue weighted by atomic mass is 10.0. The van der Waals surface area contributed by atoms with Gasteiger partial charge in [0.1, 0.15) is 0 Å². The predicted octanol–water partition coefficient (Wildman–Crippen LogP) is 2.22. The van der Waals surface area contributed by atoms with Crippen LogP contribution in [-0.4, -0.2) is 40.1 Å². The van der Waals surface area contributed by atoms with E-state index >= 15 is 0 Å². The fraction of sp³-hybridized carbons (Fsp3) is 0.923. The van der Waals surface area contributed by atoms with E-state index in [1.807, 2.05) is 11.8 Å². The topological polar surface area (TPSA) is 32.3 Å². The Morgan fingerprint density at radius 3 is 2.94 bits per heavy atom. The van der Waals surface area contributed by atoms with Crippen LogP contribution in [0.4, 0.5) is 0 Å². The van der Waals surface area contributed by atoms with Crippen LogP contribution in [0.15, 0.2) is 0 Å². The van der Waals surface area contributed by atoms with E-state index in [2.05, 4.69) is 31.0 Å². The first-order valence-electron chi connectivity index (χ1n) is 6.76. The fourth-order valence-electron chi connectivity index (χ4n) is 2.88. The van der Waals surface area contributed by atoms with E-state index in [1.54, 1.807) is 0 Å². The Morgan fingerprint density at radius 1 is 1.59 bits per heavy atom. The van der Waals surface area contributed by atoms with Crippen LogP contribution in [0.25, 0.3) is 0 Å². The maximum Gasteiger partial charge on any atom is 0.241 e. The highest BCUT2D eigenvalue weighted by Crippen LogP contribution is 2.39. The van der Waals surface area contributed by atoms with Crippen molar-refractivity contribution in [2.24, 2.45) is 0 Å². The van der Waals surface area contributed by atoms with Crippen molar-refractivity contribution in [2.75, 3.05) is 12.3 Å². The molecular formula is C13H24N2OS. The first-order valence-corrected chi connectivity index (χ1v) is 7.75. The molecule has 2 fully saturated rings. The number of rotatable bonds is 4. The molecule has 3 unspecified atom stereocenters. The second-order valence-electron chi connectivity index (χ2n) is 5.55. The van der Waals surface area contributed by atoms with Crippen LogP contribution in [0.3, 0.4) is 0 Å². The average molecular weight is 256 g/mol. The normalized spacial score (nSPS) is 38.1. The van der Waals surface area contributed by atoms with Crippen LogP contribution in [0.2, 0.25) is 0 Å². The largest absolute Gasteiger partial charge is 0.325 e. The third kappa shape index (κ3) is 2.79. The number of carbonyl (C=O) groups is 1.